The molecule has 0 N–H and O–H groups in total. The highest BCUT2D eigenvalue weighted by molar-refractivity contribution is 7.92. The number of hydrogen-bond donors (Lipinski definition) is 0. The Hall–Kier alpha value is -2.65. The van der Waals surface area contributed by atoms with Gasteiger partial charge in [0, 0.05) is 24.7 Å². The molecule has 0 spiro atoms. The van der Waals surface area contributed by atoms with Crippen LogP contribution in [0.1, 0.15) is 25.3 Å². The molecular formula is C24H28N2O5S2. The smallest absolute Gasteiger partial charge is 0.210 e. The van der Waals surface area contributed by atoms with Crippen molar-refractivity contribution in [2.75, 3.05) is 36.1 Å². The number of ether oxygens (including phenoxy) is 1. The van der Waals surface area contributed by atoms with E-state index in [1.54, 1.807) is 24.3 Å². The number of anilines is 1. The lowest BCUT2D eigenvalue weighted by Crippen LogP contribution is -2.41. The number of unbranched alkanes of at least 4 members (excludes halogenated alkanes) is 1. The molecule has 1 saturated heterocycles. The third-order valence-electron chi connectivity index (χ3n) is 5.81. The lowest BCUT2D eigenvalue weighted by molar-refractivity contribution is 0.309. The molecule has 2 heterocycles. The summed E-state index contributed by atoms with van der Waals surface area (Å²) < 4.78 is 57.1. The van der Waals surface area contributed by atoms with E-state index in [-0.39, 0.29) is 34.4 Å². The average molecular weight is 489 g/mol. The van der Waals surface area contributed by atoms with Crippen LogP contribution in [0.5, 0.6) is 5.75 Å². The summed E-state index contributed by atoms with van der Waals surface area (Å²) in [5, 5.41) is 0.704. The zero-order valence-electron chi connectivity index (χ0n) is 18.8. The predicted octanol–water partition coefficient (Wildman–Crippen LogP) is 3.79. The maximum absolute atomic E-state index is 13.7. The number of benzene rings is 2. The molecule has 0 radical (unpaired) electrons. The van der Waals surface area contributed by atoms with Gasteiger partial charge in [-0.25, -0.2) is 16.8 Å². The van der Waals surface area contributed by atoms with Crippen LogP contribution in [0.2, 0.25) is 0 Å². The van der Waals surface area contributed by atoms with Crippen molar-refractivity contribution >= 4 is 36.3 Å². The second-order valence-electron chi connectivity index (χ2n) is 8.31. The molecule has 1 fully saturated rings. The van der Waals surface area contributed by atoms with E-state index in [9.17, 15) is 16.8 Å². The lowest BCUT2D eigenvalue weighted by Gasteiger charge is -2.31. The number of rotatable bonds is 7. The second kappa shape index (κ2) is 9.30. The van der Waals surface area contributed by atoms with E-state index in [0.29, 0.717) is 28.9 Å². The van der Waals surface area contributed by atoms with Crippen LogP contribution in [0.3, 0.4) is 0 Å². The Kier molecular flexibility index (Phi) is 6.63. The van der Waals surface area contributed by atoms with Gasteiger partial charge < -0.3 is 9.64 Å². The van der Waals surface area contributed by atoms with Gasteiger partial charge in [0.15, 0.2) is 9.84 Å². The van der Waals surface area contributed by atoms with Gasteiger partial charge in [0.25, 0.3) is 0 Å². The highest BCUT2D eigenvalue weighted by atomic mass is 32.2. The number of sulfone groups is 2. The summed E-state index contributed by atoms with van der Waals surface area (Å²) in [6.07, 6.45) is 3.33. The highest BCUT2D eigenvalue weighted by Crippen LogP contribution is 2.37. The normalized spacial score (nSPS) is 16.1. The van der Waals surface area contributed by atoms with Gasteiger partial charge in [0.05, 0.1) is 34.2 Å². The Morgan fingerprint density at radius 3 is 2.42 bits per heavy atom. The minimum absolute atomic E-state index is 0.00802. The molecule has 33 heavy (non-hydrogen) atoms. The Balaban J connectivity index is 1.79. The topological polar surface area (TPSA) is 93.6 Å². The molecule has 0 saturated carbocycles. The third kappa shape index (κ3) is 4.99. The van der Waals surface area contributed by atoms with Gasteiger partial charge in [-0.1, -0.05) is 25.0 Å². The highest BCUT2D eigenvalue weighted by Gasteiger charge is 2.30. The maximum Gasteiger partial charge on any atom is 0.210 e. The van der Waals surface area contributed by atoms with Crippen LogP contribution in [-0.4, -0.2) is 53.0 Å². The van der Waals surface area contributed by atoms with Crippen molar-refractivity contribution in [3.63, 3.8) is 0 Å². The van der Waals surface area contributed by atoms with E-state index in [4.69, 9.17) is 4.74 Å². The van der Waals surface area contributed by atoms with Crippen molar-refractivity contribution in [2.24, 2.45) is 0 Å². The van der Waals surface area contributed by atoms with Crippen molar-refractivity contribution in [3.8, 4) is 5.75 Å². The van der Waals surface area contributed by atoms with Gasteiger partial charge in [-0.3, -0.25) is 4.98 Å². The van der Waals surface area contributed by atoms with Crippen LogP contribution in [0.4, 0.5) is 5.69 Å². The zero-order valence-corrected chi connectivity index (χ0v) is 20.5. The zero-order chi connectivity index (χ0) is 23.6. The van der Waals surface area contributed by atoms with Crippen LogP contribution >= 0.6 is 0 Å². The second-order valence-corrected chi connectivity index (χ2v) is 12.5. The summed E-state index contributed by atoms with van der Waals surface area (Å²) in [5.74, 6) is 0.605. The summed E-state index contributed by atoms with van der Waals surface area (Å²) in [5.41, 5.74) is 2.16. The SMILES string of the molecule is CCCCOc1ccc(S(=O)(=O)c2cnc3ccc(C)cc3c2N2CCS(=O)(=O)CC2)cc1. The quantitative estimate of drug-likeness (QED) is 0.467. The van der Waals surface area contributed by atoms with E-state index >= 15 is 0 Å². The molecular weight excluding hydrogens is 460 g/mol. The molecule has 1 aromatic heterocycles. The van der Waals surface area contributed by atoms with E-state index in [0.717, 1.165) is 18.4 Å². The standard InChI is InChI=1S/C24H28N2O5S2/c1-3-4-13-31-19-6-8-20(9-7-19)33(29,30)23-17-25-22-10-5-18(2)16-21(22)24(23)26-11-14-32(27,28)15-12-26/h5-10,16-17H,3-4,11-15H2,1-2H3. The largest absolute Gasteiger partial charge is 0.494 e. The first kappa shape index (κ1) is 23.5. The molecule has 1 aliphatic heterocycles. The number of hydrogen-bond acceptors (Lipinski definition) is 7. The summed E-state index contributed by atoms with van der Waals surface area (Å²) >= 11 is 0. The summed E-state index contributed by atoms with van der Waals surface area (Å²) in [6.45, 7) is 5.07. The molecule has 0 unspecified atom stereocenters. The molecule has 1 aliphatic rings. The van der Waals surface area contributed by atoms with Crippen LogP contribution < -0.4 is 9.64 Å². The third-order valence-corrected chi connectivity index (χ3v) is 9.19. The number of nitrogens with zero attached hydrogens (tertiary/aromatic N) is 2. The van der Waals surface area contributed by atoms with Gasteiger partial charge in [0.2, 0.25) is 9.84 Å². The molecule has 176 valence electrons. The number of aromatic nitrogens is 1. The molecule has 0 bridgehead atoms. The molecule has 9 heteroatoms. The summed E-state index contributed by atoms with van der Waals surface area (Å²) in [4.78, 5) is 6.50. The van der Waals surface area contributed by atoms with E-state index in [1.165, 1.54) is 6.20 Å². The minimum Gasteiger partial charge on any atom is -0.494 e. The van der Waals surface area contributed by atoms with Crippen LogP contribution in [0, 0.1) is 6.92 Å². The first-order valence-corrected chi connectivity index (χ1v) is 14.3. The van der Waals surface area contributed by atoms with E-state index in [2.05, 4.69) is 11.9 Å². The fraction of sp³-hybridized carbons (Fsp3) is 0.375. The van der Waals surface area contributed by atoms with E-state index in [1.807, 2.05) is 30.0 Å². The Labute approximate surface area is 195 Å². The molecule has 0 aliphatic carbocycles. The van der Waals surface area contributed by atoms with Gasteiger partial charge in [-0.2, -0.15) is 0 Å². The summed E-state index contributed by atoms with van der Waals surface area (Å²) in [6, 6.07) is 12.1. The summed E-state index contributed by atoms with van der Waals surface area (Å²) in [7, 11) is -7.02. The van der Waals surface area contributed by atoms with Crippen molar-refractivity contribution in [3.05, 3.63) is 54.2 Å². The fourth-order valence-corrected chi connectivity index (χ4v) is 6.54. The monoisotopic (exact) mass is 488 g/mol. The molecule has 7 nitrogen and oxygen atoms in total. The van der Waals surface area contributed by atoms with Crippen molar-refractivity contribution in [1.29, 1.82) is 0 Å². The lowest BCUT2D eigenvalue weighted by atomic mass is 10.1. The first-order chi connectivity index (χ1) is 15.7. The Morgan fingerprint density at radius 1 is 1.06 bits per heavy atom. The van der Waals surface area contributed by atoms with Crippen LogP contribution in [0.25, 0.3) is 10.9 Å². The predicted molar refractivity (Wildman–Crippen MR) is 130 cm³/mol. The number of aryl methyl sites for hydroxylation is 1. The van der Waals surface area contributed by atoms with Crippen LogP contribution in [-0.2, 0) is 19.7 Å². The van der Waals surface area contributed by atoms with Gasteiger partial charge in [-0.05, 0) is 49.7 Å². The maximum atomic E-state index is 13.7. The molecule has 4 rings (SSSR count). The molecule has 3 aromatic rings. The number of fused-ring (bicyclic) bond motifs is 1. The Bertz CT molecular complexity index is 1350. The number of pyridine rings is 1. The van der Waals surface area contributed by atoms with Crippen LogP contribution in [0.15, 0.2) is 58.5 Å². The van der Waals surface area contributed by atoms with E-state index < -0.39 is 19.7 Å². The van der Waals surface area contributed by atoms with Gasteiger partial charge in [0.1, 0.15) is 10.6 Å². The minimum atomic E-state index is -3.90. The molecule has 0 amide bonds. The van der Waals surface area contributed by atoms with Gasteiger partial charge >= 0.3 is 0 Å². The van der Waals surface area contributed by atoms with Crippen molar-refractivity contribution in [1.82, 2.24) is 4.98 Å². The van der Waals surface area contributed by atoms with Gasteiger partial charge in [-0.15, -0.1) is 0 Å². The van der Waals surface area contributed by atoms with Crippen molar-refractivity contribution < 1.29 is 21.6 Å². The average Bonchev–Trinajstić information content (AvgIpc) is 2.79. The molecule has 2 aromatic carbocycles. The fourth-order valence-electron chi connectivity index (χ4n) is 3.91. The first-order valence-electron chi connectivity index (χ1n) is 11.0. The Morgan fingerprint density at radius 2 is 1.76 bits per heavy atom. The van der Waals surface area contributed by atoms with Crippen molar-refractivity contribution in [2.45, 2.75) is 36.5 Å². The molecule has 0 atom stereocenters.